The number of carbonyl (C=O) groups is 1. The zero-order chi connectivity index (χ0) is 18.1. The molecule has 3 nitrogen and oxygen atoms in total. The number of carboxylic acid groups (broad SMARTS) is 1. The molecule has 0 bridgehead atoms. The minimum Gasteiger partial charge on any atom is -0.493 e. The topological polar surface area (TPSA) is 46.5 Å². The monoisotopic (exact) mass is 340 g/mol. The van der Waals surface area contributed by atoms with Crippen molar-refractivity contribution < 1.29 is 14.6 Å². The van der Waals surface area contributed by atoms with Crippen LogP contribution in [0, 0.1) is 0 Å². The van der Waals surface area contributed by atoms with E-state index in [2.05, 4.69) is 38.1 Å². The third-order valence-corrected chi connectivity index (χ3v) is 4.45. The Morgan fingerprint density at radius 1 is 1.12 bits per heavy atom. The van der Waals surface area contributed by atoms with Gasteiger partial charge in [-0.3, -0.25) is 4.79 Å². The lowest BCUT2D eigenvalue weighted by molar-refractivity contribution is -0.137. The van der Waals surface area contributed by atoms with E-state index >= 15 is 0 Å². The maximum absolute atomic E-state index is 10.8. The second kappa shape index (κ2) is 9.87. The molecule has 0 saturated carbocycles. The van der Waals surface area contributed by atoms with Crippen LogP contribution in [0.5, 0.6) is 5.75 Å². The van der Waals surface area contributed by atoms with Crippen LogP contribution in [0.15, 0.2) is 48.5 Å². The first-order valence-electron chi connectivity index (χ1n) is 9.15. The molecule has 0 aromatic heterocycles. The van der Waals surface area contributed by atoms with Gasteiger partial charge in [0.05, 0.1) is 6.61 Å². The third-order valence-electron chi connectivity index (χ3n) is 4.45. The molecule has 0 spiro atoms. The quantitative estimate of drug-likeness (QED) is 0.548. The van der Waals surface area contributed by atoms with Crippen molar-refractivity contribution in [1.82, 2.24) is 0 Å². The van der Waals surface area contributed by atoms with E-state index in [1.54, 1.807) is 0 Å². The molecule has 1 atom stereocenters. The molecule has 0 saturated heterocycles. The lowest BCUT2D eigenvalue weighted by Gasteiger charge is -2.16. The highest BCUT2D eigenvalue weighted by Crippen LogP contribution is 2.34. The van der Waals surface area contributed by atoms with Gasteiger partial charge in [0.1, 0.15) is 5.75 Å². The first kappa shape index (κ1) is 19.0. The molecule has 134 valence electrons. The third kappa shape index (κ3) is 5.93. The summed E-state index contributed by atoms with van der Waals surface area (Å²) in [5.41, 5.74) is 3.36. The van der Waals surface area contributed by atoms with E-state index < -0.39 is 5.97 Å². The van der Waals surface area contributed by atoms with Crippen LogP contribution in [0.4, 0.5) is 0 Å². The number of carboxylic acids is 1. The SMILES string of the molecule is CCCCCOc1ccc(C(C)CCC(=O)O)cc1-c1ccccc1. The fraction of sp³-hybridized carbons (Fsp3) is 0.409. The summed E-state index contributed by atoms with van der Waals surface area (Å²) in [6.45, 7) is 4.99. The second-order valence-corrected chi connectivity index (χ2v) is 6.51. The fourth-order valence-electron chi connectivity index (χ4n) is 2.86. The minimum atomic E-state index is -0.744. The number of benzene rings is 2. The van der Waals surface area contributed by atoms with Gasteiger partial charge in [0, 0.05) is 12.0 Å². The Bertz CT molecular complexity index is 664. The average Bonchev–Trinajstić information content (AvgIpc) is 2.64. The van der Waals surface area contributed by atoms with Crippen LogP contribution < -0.4 is 4.74 Å². The number of hydrogen-bond donors (Lipinski definition) is 1. The van der Waals surface area contributed by atoms with Crippen LogP contribution in [0.1, 0.15) is 57.4 Å². The van der Waals surface area contributed by atoms with E-state index in [1.165, 1.54) is 12.8 Å². The number of rotatable bonds is 10. The number of unbranched alkanes of at least 4 members (excludes halogenated alkanes) is 2. The molecule has 3 heteroatoms. The highest BCUT2D eigenvalue weighted by molar-refractivity contribution is 5.71. The van der Waals surface area contributed by atoms with Crippen molar-refractivity contribution in [3.8, 4) is 16.9 Å². The molecular formula is C22H28O3. The highest BCUT2D eigenvalue weighted by Gasteiger charge is 2.13. The van der Waals surface area contributed by atoms with Gasteiger partial charge in [-0.05, 0) is 42.0 Å². The summed E-state index contributed by atoms with van der Waals surface area (Å²) in [4.78, 5) is 10.8. The van der Waals surface area contributed by atoms with E-state index in [1.807, 2.05) is 24.3 Å². The molecule has 2 aromatic rings. The lowest BCUT2D eigenvalue weighted by atomic mass is 9.92. The Morgan fingerprint density at radius 2 is 1.88 bits per heavy atom. The molecule has 0 aliphatic heterocycles. The summed E-state index contributed by atoms with van der Waals surface area (Å²) in [6, 6.07) is 16.5. The fourth-order valence-corrected chi connectivity index (χ4v) is 2.86. The smallest absolute Gasteiger partial charge is 0.303 e. The molecule has 1 unspecified atom stereocenters. The van der Waals surface area contributed by atoms with Crippen molar-refractivity contribution in [2.45, 2.75) is 51.9 Å². The predicted octanol–water partition coefficient (Wildman–Crippen LogP) is 5.89. The molecule has 0 fully saturated rings. The first-order valence-corrected chi connectivity index (χ1v) is 9.15. The zero-order valence-electron chi connectivity index (χ0n) is 15.2. The molecule has 25 heavy (non-hydrogen) atoms. The van der Waals surface area contributed by atoms with Crippen LogP contribution >= 0.6 is 0 Å². The Morgan fingerprint density at radius 3 is 2.56 bits per heavy atom. The van der Waals surface area contributed by atoms with E-state index in [-0.39, 0.29) is 12.3 Å². The molecule has 2 aromatic carbocycles. The van der Waals surface area contributed by atoms with Gasteiger partial charge in [0.25, 0.3) is 0 Å². The van der Waals surface area contributed by atoms with Crippen LogP contribution in [-0.2, 0) is 4.79 Å². The molecular weight excluding hydrogens is 312 g/mol. The number of ether oxygens (including phenoxy) is 1. The molecule has 2 rings (SSSR count). The van der Waals surface area contributed by atoms with Crippen LogP contribution in [0.2, 0.25) is 0 Å². The van der Waals surface area contributed by atoms with Crippen molar-refractivity contribution >= 4 is 5.97 Å². The van der Waals surface area contributed by atoms with E-state index in [9.17, 15) is 4.79 Å². The van der Waals surface area contributed by atoms with E-state index in [4.69, 9.17) is 9.84 Å². The normalized spacial score (nSPS) is 11.9. The van der Waals surface area contributed by atoms with Crippen molar-refractivity contribution in [3.05, 3.63) is 54.1 Å². The maximum atomic E-state index is 10.8. The number of hydrogen-bond acceptors (Lipinski definition) is 2. The van der Waals surface area contributed by atoms with Gasteiger partial charge in [-0.2, -0.15) is 0 Å². The summed E-state index contributed by atoms with van der Waals surface area (Å²) in [5.74, 6) is 0.357. The van der Waals surface area contributed by atoms with Crippen molar-refractivity contribution in [3.63, 3.8) is 0 Å². The Balaban J connectivity index is 2.23. The zero-order valence-corrected chi connectivity index (χ0v) is 15.2. The second-order valence-electron chi connectivity index (χ2n) is 6.51. The Labute approximate surface area is 150 Å². The molecule has 0 amide bonds. The van der Waals surface area contributed by atoms with Crippen LogP contribution in [0.3, 0.4) is 0 Å². The van der Waals surface area contributed by atoms with Gasteiger partial charge in [-0.1, -0.05) is 63.1 Å². The summed E-state index contributed by atoms with van der Waals surface area (Å²) in [7, 11) is 0. The molecule has 1 N–H and O–H groups in total. The van der Waals surface area contributed by atoms with Gasteiger partial charge >= 0.3 is 5.97 Å². The minimum absolute atomic E-state index is 0.192. The predicted molar refractivity (Wildman–Crippen MR) is 102 cm³/mol. The summed E-state index contributed by atoms with van der Waals surface area (Å²) >= 11 is 0. The molecule has 0 aliphatic rings. The van der Waals surface area contributed by atoms with Gasteiger partial charge in [0.2, 0.25) is 0 Å². The van der Waals surface area contributed by atoms with E-state index in [0.29, 0.717) is 6.42 Å². The summed E-state index contributed by atoms with van der Waals surface area (Å²) < 4.78 is 6.03. The Hall–Kier alpha value is -2.29. The van der Waals surface area contributed by atoms with Gasteiger partial charge in [-0.25, -0.2) is 0 Å². The van der Waals surface area contributed by atoms with Crippen molar-refractivity contribution in [1.29, 1.82) is 0 Å². The van der Waals surface area contributed by atoms with Crippen LogP contribution in [-0.4, -0.2) is 17.7 Å². The largest absolute Gasteiger partial charge is 0.493 e. The molecule has 0 heterocycles. The maximum Gasteiger partial charge on any atom is 0.303 e. The van der Waals surface area contributed by atoms with Crippen LogP contribution in [0.25, 0.3) is 11.1 Å². The summed E-state index contributed by atoms with van der Waals surface area (Å²) in [6.07, 6.45) is 4.23. The van der Waals surface area contributed by atoms with E-state index in [0.717, 1.165) is 35.5 Å². The molecule has 0 radical (unpaired) electrons. The standard InChI is InChI=1S/C22H28O3/c1-3-4-8-15-25-21-13-12-19(17(2)11-14-22(23)24)16-20(21)18-9-6-5-7-10-18/h5-7,9-10,12-13,16-17H,3-4,8,11,14-15H2,1-2H3,(H,23,24). The summed E-state index contributed by atoms with van der Waals surface area (Å²) in [5, 5.41) is 8.91. The van der Waals surface area contributed by atoms with Crippen molar-refractivity contribution in [2.75, 3.05) is 6.61 Å². The Kier molecular flexibility index (Phi) is 7.52. The number of aliphatic carboxylic acids is 1. The average molecular weight is 340 g/mol. The van der Waals surface area contributed by atoms with Gasteiger partial charge in [0.15, 0.2) is 0 Å². The van der Waals surface area contributed by atoms with Crippen molar-refractivity contribution in [2.24, 2.45) is 0 Å². The molecule has 0 aliphatic carbocycles. The van der Waals surface area contributed by atoms with Gasteiger partial charge < -0.3 is 9.84 Å². The van der Waals surface area contributed by atoms with Gasteiger partial charge in [-0.15, -0.1) is 0 Å². The lowest BCUT2D eigenvalue weighted by Crippen LogP contribution is -2.02. The first-order chi connectivity index (χ1) is 12.1. The highest BCUT2D eigenvalue weighted by atomic mass is 16.5.